The van der Waals surface area contributed by atoms with Gasteiger partial charge in [0.15, 0.2) is 0 Å². The molecule has 1 N–H and O–H groups in total. The number of alkyl halides is 3. The smallest absolute Gasteiger partial charge is 0.406 e. The van der Waals surface area contributed by atoms with Gasteiger partial charge in [-0.2, -0.15) is 0 Å². The zero-order valence-electron chi connectivity index (χ0n) is 13.2. The summed E-state index contributed by atoms with van der Waals surface area (Å²) in [5.41, 5.74) is 1.26. The summed E-state index contributed by atoms with van der Waals surface area (Å²) in [5.74, 6) is -0.814. The Kier molecular flexibility index (Phi) is 7.03. The fraction of sp³-hybridized carbons (Fsp3) is 0.250. The Labute approximate surface area is 142 Å². The molecule has 0 fully saturated rings. The van der Waals surface area contributed by atoms with Gasteiger partial charge >= 0.3 is 6.36 Å². The molecule has 2 rings (SSSR count). The van der Waals surface area contributed by atoms with Crippen molar-refractivity contribution in [3.05, 3.63) is 52.8 Å². The topological polar surface area (TPSA) is 51.2 Å². The molecular weight excluding hydrogens is 345 g/mol. The quantitative estimate of drug-likeness (QED) is 0.763. The summed E-state index contributed by atoms with van der Waals surface area (Å²) in [6.07, 6.45) is -3.44. The Hall–Kier alpha value is -2.28. The average Bonchev–Trinajstić information content (AvgIpc) is 2.52. The van der Waals surface area contributed by atoms with Gasteiger partial charge in [-0.05, 0) is 42.8 Å². The van der Waals surface area contributed by atoms with Gasteiger partial charge in [0, 0.05) is 11.9 Å². The second-order valence-corrected chi connectivity index (χ2v) is 4.72. The number of carbonyl (C=O) groups is 1. The maximum absolute atomic E-state index is 12.0. The first-order valence-corrected chi connectivity index (χ1v) is 7.42. The van der Waals surface area contributed by atoms with E-state index in [0.29, 0.717) is 16.4 Å². The largest absolute Gasteiger partial charge is 0.573 e. The van der Waals surface area contributed by atoms with Crippen molar-refractivity contribution >= 4 is 23.2 Å². The van der Waals surface area contributed by atoms with E-state index in [1.807, 2.05) is 13.8 Å². The SMILES string of the molecule is CC.Cc1cc(C(=O)Nc2ccc(OC(F)(F)F)cc2)cnc1Cl. The zero-order valence-corrected chi connectivity index (χ0v) is 14.0. The maximum atomic E-state index is 12.0. The van der Waals surface area contributed by atoms with Crippen LogP contribution in [0.1, 0.15) is 29.8 Å². The number of halogens is 4. The van der Waals surface area contributed by atoms with Gasteiger partial charge in [0.2, 0.25) is 0 Å². The molecule has 0 aliphatic carbocycles. The van der Waals surface area contributed by atoms with E-state index < -0.39 is 12.3 Å². The molecule has 1 heterocycles. The number of ether oxygens (including phenoxy) is 1. The summed E-state index contributed by atoms with van der Waals surface area (Å²) in [5, 5.41) is 2.83. The zero-order chi connectivity index (χ0) is 18.3. The number of aromatic nitrogens is 1. The van der Waals surface area contributed by atoms with Crippen LogP contribution in [0.4, 0.5) is 18.9 Å². The third kappa shape index (κ3) is 6.08. The van der Waals surface area contributed by atoms with Crippen molar-refractivity contribution < 1.29 is 22.7 Å². The summed E-state index contributed by atoms with van der Waals surface area (Å²) in [6.45, 7) is 5.70. The fourth-order valence-electron chi connectivity index (χ4n) is 1.63. The third-order valence-corrected chi connectivity index (χ3v) is 3.02. The van der Waals surface area contributed by atoms with Crippen LogP contribution in [0.15, 0.2) is 36.5 Å². The molecular formula is C16H16ClF3N2O2. The Bertz CT molecular complexity index is 689. The highest BCUT2D eigenvalue weighted by Gasteiger charge is 2.30. The molecule has 2 aromatic rings. The molecule has 0 aliphatic heterocycles. The van der Waals surface area contributed by atoms with Gasteiger partial charge in [-0.25, -0.2) is 4.98 Å². The minimum atomic E-state index is -4.75. The molecule has 4 nitrogen and oxygen atoms in total. The minimum absolute atomic E-state index is 0.289. The van der Waals surface area contributed by atoms with Crippen LogP contribution in [0, 0.1) is 6.92 Å². The van der Waals surface area contributed by atoms with E-state index in [1.165, 1.54) is 18.3 Å². The number of nitrogens with one attached hydrogen (secondary N) is 1. The number of carbonyl (C=O) groups excluding carboxylic acids is 1. The van der Waals surface area contributed by atoms with E-state index in [4.69, 9.17) is 11.6 Å². The molecule has 1 aromatic heterocycles. The highest BCUT2D eigenvalue weighted by atomic mass is 35.5. The van der Waals surface area contributed by atoms with Crippen molar-refractivity contribution in [2.45, 2.75) is 27.1 Å². The molecule has 0 radical (unpaired) electrons. The summed E-state index contributed by atoms with van der Waals surface area (Å²) in [4.78, 5) is 15.8. The number of pyridine rings is 1. The normalized spacial score (nSPS) is 10.5. The molecule has 1 aromatic carbocycles. The van der Waals surface area contributed by atoms with Crippen LogP contribution in [0.3, 0.4) is 0 Å². The van der Waals surface area contributed by atoms with Gasteiger partial charge in [-0.3, -0.25) is 4.79 Å². The lowest BCUT2D eigenvalue weighted by Gasteiger charge is -2.10. The monoisotopic (exact) mass is 360 g/mol. The van der Waals surface area contributed by atoms with Crippen molar-refractivity contribution in [3.63, 3.8) is 0 Å². The van der Waals surface area contributed by atoms with Crippen LogP contribution < -0.4 is 10.1 Å². The third-order valence-electron chi connectivity index (χ3n) is 2.62. The Balaban J connectivity index is 0.00000139. The summed E-state index contributed by atoms with van der Waals surface area (Å²) in [7, 11) is 0. The molecule has 0 atom stereocenters. The predicted molar refractivity (Wildman–Crippen MR) is 86.4 cm³/mol. The van der Waals surface area contributed by atoms with Crippen molar-refractivity contribution in [2.75, 3.05) is 5.32 Å². The highest BCUT2D eigenvalue weighted by Crippen LogP contribution is 2.24. The minimum Gasteiger partial charge on any atom is -0.406 e. The molecule has 0 unspecified atom stereocenters. The number of amides is 1. The molecule has 24 heavy (non-hydrogen) atoms. The summed E-state index contributed by atoms with van der Waals surface area (Å²) < 4.78 is 39.8. The van der Waals surface area contributed by atoms with Crippen molar-refractivity contribution in [3.8, 4) is 5.75 Å². The van der Waals surface area contributed by atoms with Crippen molar-refractivity contribution in [2.24, 2.45) is 0 Å². The van der Waals surface area contributed by atoms with Gasteiger partial charge in [-0.1, -0.05) is 25.4 Å². The first-order valence-electron chi connectivity index (χ1n) is 7.04. The van der Waals surface area contributed by atoms with E-state index in [1.54, 1.807) is 13.0 Å². The Morgan fingerprint density at radius 2 is 1.79 bits per heavy atom. The molecule has 1 amide bonds. The summed E-state index contributed by atoms with van der Waals surface area (Å²) in [6, 6.07) is 6.37. The number of rotatable bonds is 3. The van der Waals surface area contributed by atoms with Crippen LogP contribution in [0.25, 0.3) is 0 Å². The lowest BCUT2D eigenvalue weighted by molar-refractivity contribution is -0.274. The van der Waals surface area contributed by atoms with Crippen molar-refractivity contribution in [1.82, 2.24) is 4.98 Å². The van der Waals surface area contributed by atoms with Gasteiger partial charge in [0.25, 0.3) is 5.91 Å². The van der Waals surface area contributed by atoms with Crippen LogP contribution in [-0.4, -0.2) is 17.3 Å². The maximum Gasteiger partial charge on any atom is 0.573 e. The Morgan fingerprint density at radius 3 is 2.29 bits per heavy atom. The lowest BCUT2D eigenvalue weighted by atomic mass is 10.2. The highest BCUT2D eigenvalue weighted by molar-refractivity contribution is 6.30. The Morgan fingerprint density at radius 1 is 1.21 bits per heavy atom. The van der Waals surface area contributed by atoms with Gasteiger partial charge in [0.1, 0.15) is 10.9 Å². The molecule has 0 spiro atoms. The molecule has 0 saturated carbocycles. The van der Waals surface area contributed by atoms with Crippen LogP contribution in [-0.2, 0) is 0 Å². The van der Waals surface area contributed by atoms with Gasteiger partial charge in [0.05, 0.1) is 5.56 Å². The molecule has 0 bridgehead atoms. The predicted octanol–water partition coefficient (Wildman–Crippen LogP) is 5.22. The van der Waals surface area contributed by atoms with E-state index in [2.05, 4.69) is 15.0 Å². The van der Waals surface area contributed by atoms with E-state index >= 15 is 0 Å². The van der Waals surface area contributed by atoms with Crippen molar-refractivity contribution in [1.29, 1.82) is 0 Å². The second-order valence-electron chi connectivity index (χ2n) is 4.36. The standard InChI is InChI=1S/C14H10ClF3N2O2.C2H6/c1-8-6-9(7-19-12(8)15)13(21)20-10-2-4-11(5-3-10)22-14(16,17)18;1-2/h2-7H,1H3,(H,20,21);1-2H3. The fourth-order valence-corrected chi connectivity index (χ4v) is 1.73. The molecule has 0 aliphatic rings. The average molecular weight is 361 g/mol. The molecule has 0 saturated heterocycles. The molecule has 8 heteroatoms. The summed E-state index contributed by atoms with van der Waals surface area (Å²) >= 11 is 5.77. The number of nitrogens with zero attached hydrogens (tertiary/aromatic N) is 1. The lowest BCUT2D eigenvalue weighted by Crippen LogP contribution is -2.17. The van der Waals surface area contributed by atoms with Crippen LogP contribution >= 0.6 is 11.6 Å². The van der Waals surface area contributed by atoms with Crippen LogP contribution in [0.2, 0.25) is 5.15 Å². The number of hydrogen-bond donors (Lipinski definition) is 1. The molecule has 130 valence electrons. The number of anilines is 1. The first-order chi connectivity index (χ1) is 11.2. The number of hydrogen-bond acceptors (Lipinski definition) is 3. The second kappa shape index (κ2) is 8.54. The van der Waals surface area contributed by atoms with Gasteiger partial charge < -0.3 is 10.1 Å². The first kappa shape index (κ1) is 19.8. The van der Waals surface area contributed by atoms with E-state index in [0.717, 1.165) is 12.1 Å². The van der Waals surface area contributed by atoms with Crippen LogP contribution in [0.5, 0.6) is 5.75 Å². The van der Waals surface area contributed by atoms with Gasteiger partial charge in [-0.15, -0.1) is 13.2 Å². The van der Waals surface area contributed by atoms with E-state index in [9.17, 15) is 18.0 Å². The number of aryl methyl sites for hydroxylation is 1. The van der Waals surface area contributed by atoms with E-state index in [-0.39, 0.29) is 11.3 Å². The number of benzene rings is 1.